The number of amides is 1. The Bertz CT molecular complexity index is 489. The number of carbonyl (C=O) groups excluding carboxylic acids is 1. The Kier molecular flexibility index (Phi) is 5.50. The number of hydrogen-bond donors (Lipinski definition) is 2. The number of pyridine rings is 1. The van der Waals surface area contributed by atoms with E-state index in [0.717, 1.165) is 19.6 Å². The SMILES string of the molecule is CNc1nccc(C(=O)NCC(C)CN2CCCC2)c1F. The van der Waals surface area contributed by atoms with E-state index in [1.54, 1.807) is 7.05 Å². The fraction of sp³-hybridized carbons (Fsp3) is 0.600. The van der Waals surface area contributed by atoms with E-state index in [4.69, 9.17) is 0 Å². The Morgan fingerprint density at radius 3 is 2.86 bits per heavy atom. The van der Waals surface area contributed by atoms with Crippen LogP contribution in [0.3, 0.4) is 0 Å². The Morgan fingerprint density at radius 2 is 2.19 bits per heavy atom. The molecule has 0 aliphatic carbocycles. The normalized spacial score (nSPS) is 16.7. The van der Waals surface area contributed by atoms with Gasteiger partial charge in [0.25, 0.3) is 5.91 Å². The van der Waals surface area contributed by atoms with Gasteiger partial charge in [0.1, 0.15) is 0 Å². The maximum Gasteiger partial charge on any atom is 0.254 e. The van der Waals surface area contributed by atoms with Gasteiger partial charge in [-0.2, -0.15) is 0 Å². The van der Waals surface area contributed by atoms with E-state index in [9.17, 15) is 9.18 Å². The molecule has 1 aliphatic rings. The Balaban J connectivity index is 1.86. The van der Waals surface area contributed by atoms with E-state index < -0.39 is 5.82 Å². The predicted molar refractivity (Wildman–Crippen MR) is 80.9 cm³/mol. The lowest BCUT2D eigenvalue weighted by Crippen LogP contribution is -2.34. The van der Waals surface area contributed by atoms with Crippen molar-refractivity contribution >= 4 is 11.7 Å². The van der Waals surface area contributed by atoms with Crippen LogP contribution in [0.1, 0.15) is 30.1 Å². The highest BCUT2D eigenvalue weighted by Gasteiger charge is 2.18. The van der Waals surface area contributed by atoms with Gasteiger partial charge in [-0.05, 0) is 37.9 Å². The topological polar surface area (TPSA) is 57.3 Å². The molecule has 1 atom stereocenters. The highest BCUT2D eigenvalue weighted by atomic mass is 19.1. The van der Waals surface area contributed by atoms with Crippen LogP contribution in [-0.2, 0) is 0 Å². The first-order valence-corrected chi connectivity index (χ1v) is 7.44. The van der Waals surface area contributed by atoms with Crippen molar-refractivity contribution in [3.8, 4) is 0 Å². The molecule has 1 aromatic heterocycles. The predicted octanol–water partition coefficient (Wildman–Crippen LogP) is 1.72. The van der Waals surface area contributed by atoms with Gasteiger partial charge in [0, 0.05) is 26.3 Å². The van der Waals surface area contributed by atoms with Crippen molar-refractivity contribution in [2.24, 2.45) is 5.92 Å². The van der Waals surface area contributed by atoms with Gasteiger partial charge in [-0.25, -0.2) is 9.37 Å². The zero-order chi connectivity index (χ0) is 15.2. The van der Waals surface area contributed by atoms with Gasteiger partial charge in [-0.1, -0.05) is 6.92 Å². The number of nitrogens with one attached hydrogen (secondary N) is 2. The molecule has 0 radical (unpaired) electrons. The summed E-state index contributed by atoms with van der Waals surface area (Å²) in [7, 11) is 1.57. The fourth-order valence-electron chi connectivity index (χ4n) is 2.63. The first-order valence-electron chi connectivity index (χ1n) is 7.44. The largest absolute Gasteiger partial charge is 0.371 e. The molecule has 1 aromatic rings. The third-order valence-electron chi connectivity index (χ3n) is 3.75. The summed E-state index contributed by atoms with van der Waals surface area (Å²) in [5.41, 5.74) is 0.0303. The molecule has 1 unspecified atom stereocenters. The van der Waals surface area contributed by atoms with Gasteiger partial charge in [0.05, 0.1) is 5.56 Å². The minimum atomic E-state index is -0.607. The molecule has 116 valence electrons. The summed E-state index contributed by atoms with van der Waals surface area (Å²) in [5, 5.41) is 5.43. The maximum atomic E-state index is 14.0. The van der Waals surface area contributed by atoms with Crippen LogP contribution in [0.4, 0.5) is 10.2 Å². The van der Waals surface area contributed by atoms with Crippen LogP contribution in [0.25, 0.3) is 0 Å². The second-order valence-electron chi connectivity index (χ2n) is 5.59. The minimum absolute atomic E-state index is 0.0303. The molecule has 1 amide bonds. The van der Waals surface area contributed by atoms with Crippen LogP contribution in [0.2, 0.25) is 0 Å². The molecule has 2 N–H and O–H groups in total. The third-order valence-corrected chi connectivity index (χ3v) is 3.75. The highest BCUT2D eigenvalue weighted by molar-refractivity contribution is 5.95. The summed E-state index contributed by atoms with van der Waals surface area (Å²) in [6.07, 6.45) is 3.94. The quantitative estimate of drug-likeness (QED) is 0.839. The number of halogens is 1. The van der Waals surface area contributed by atoms with Gasteiger partial charge in [0.15, 0.2) is 11.6 Å². The van der Waals surface area contributed by atoms with Gasteiger partial charge in [-0.3, -0.25) is 4.79 Å². The Hall–Kier alpha value is -1.69. The molecule has 1 saturated heterocycles. The summed E-state index contributed by atoms with van der Waals surface area (Å²) < 4.78 is 14.0. The summed E-state index contributed by atoms with van der Waals surface area (Å²) in [6, 6.07) is 1.40. The van der Waals surface area contributed by atoms with Crippen molar-refractivity contribution in [2.45, 2.75) is 19.8 Å². The molecule has 0 spiro atoms. The second-order valence-corrected chi connectivity index (χ2v) is 5.59. The first kappa shape index (κ1) is 15.7. The van der Waals surface area contributed by atoms with E-state index >= 15 is 0 Å². The van der Waals surface area contributed by atoms with Crippen LogP contribution in [0.5, 0.6) is 0 Å². The molecule has 0 saturated carbocycles. The average molecular weight is 294 g/mol. The lowest BCUT2D eigenvalue weighted by Gasteiger charge is -2.20. The summed E-state index contributed by atoms with van der Waals surface area (Å²) in [4.78, 5) is 18.3. The van der Waals surface area contributed by atoms with Crippen LogP contribution in [0, 0.1) is 11.7 Å². The minimum Gasteiger partial charge on any atom is -0.371 e. The highest BCUT2D eigenvalue weighted by Crippen LogP contribution is 2.14. The zero-order valence-corrected chi connectivity index (χ0v) is 12.7. The fourth-order valence-corrected chi connectivity index (χ4v) is 2.63. The van der Waals surface area contributed by atoms with Gasteiger partial charge in [-0.15, -0.1) is 0 Å². The average Bonchev–Trinajstić information content (AvgIpc) is 2.98. The van der Waals surface area contributed by atoms with Crippen LogP contribution in [-0.4, -0.2) is 49.0 Å². The lowest BCUT2D eigenvalue weighted by molar-refractivity contribution is 0.0941. The first-order chi connectivity index (χ1) is 10.1. The second kappa shape index (κ2) is 7.36. The standard InChI is InChI=1S/C15H23FN4O/c1-11(10-20-7-3-4-8-20)9-19-15(21)12-5-6-18-14(17-2)13(12)16/h5-6,11H,3-4,7-10H2,1-2H3,(H,17,18)(H,19,21). The van der Waals surface area contributed by atoms with Crippen molar-refractivity contribution < 1.29 is 9.18 Å². The van der Waals surface area contributed by atoms with Crippen molar-refractivity contribution in [1.82, 2.24) is 15.2 Å². The van der Waals surface area contributed by atoms with Gasteiger partial charge >= 0.3 is 0 Å². The van der Waals surface area contributed by atoms with Crippen LogP contribution >= 0.6 is 0 Å². The van der Waals surface area contributed by atoms with E-state index in [0.29, 0.717) is 12.5 Å². The monoisotopic (exact) mass is 294 g/mol. The molecule has 1 aliphatic heterocycles. The Morgan fingerprint density at radius 1 is 1.48 bits per heavy atom. The summed E-state index contributed by atoms with van der Waals surface area (Å²) in [5.74, 6) is -0.558. The van der Waals surface area contributed by atoms with Crippen molar-refractivity contribution in [1.29, 1.82) is 0 Å². The Labute approximate surface area is 124 Å². The molecule has 2 rings (SSSR count). The number of hydrogen-bond acceptors (Lipinski definition) is 4. The van der Waals surface area contributed by atoms with Crippen molar-refractivity contribution in [3.05, 3.63) is 23.6 Å². The third kappa shape index (κ3) is 4.14. The molecule has 1 fully saturated rings. The number of carbonyl (C=O) groups is 1. The summed E-state index contributed by atoms with van der Waals surface area (Å²) in [6.45, 7) is 5.90. The van der Waals surface area contributed by atoms with Crippen molar-refractivity contribution in [3.63, 3.8) is 0 Å². The van der Waals surface area contributed by atoms with E-state index in [1.165, 1.54) is 25.1 Å². The summed E-state index contributed by atoms with van der Waals surface area (Å²) >= 11 is 0. The molecule has 0 bridgehead atoms. The van der Waals surface area contributed by atoms with E-state index in [1.807, 2.05) is 0 Å². The number of nitrogens with zero attached hydrogens (tertiary/aromatic N) is 2. The molecule has 21 heavy (non-hydrogen) atoms. The molecule has 6 heteroatoms. The number of likely N-dealkylation sites (tertiary alicyclic amines) is 1. The van der Waals surface area contributed by atoms with Gasteiger partial charge < -0.3 is 15.5 Å². The van der Waals surface area contributed by atoms with Crippen molar-refractivity contribution in [2.75, 3.05) is 38.5 Å². The van der Waals surface area contributed by atoms with Crippen LogP contribution in [0.15, 0.2) is 12.3 Å². The van der Waals surface area contributed by atoms with Gasteiger partial charge in [0.2, 0.25) is 0 Å². The molecule has 5 nitrogen and oxygen atoms in total. The smallest absolute Gasteiger partial charge is 0.254 e. The van der Waals surface area contributed by atoms with E-state index in [2.05, 4.69) is 27.4 Å². The molecular weight excluding hydrogens is 271 g/mol. The number of aromatic nitrogens is 1. The maximum absolute atomic E-state index is 14.0. The van der Waals surface area contributed by atoms with Crippen LogP contribution < -0.4 is 10.6 Å². The molecular formula is C15H23FN4O. The number of rotatable bonds is 6. The number of anilines is 1. The molecule has 0 aromatic carbocycles. The lowest BCUT2D eigenvalue weighted by atomic mass is 10.1. The molecule has 2 heterocycles. The zero-order valence-electron chi connectivity index (χ0n) is 12.7. The van der Waals surface area contributed by atoms with E-state index in [-0.39, 0.29) is 17.3 Å².